The maximum Gasteiger partial charge on any atom is 0.239 e. The van der Waals surface area contributed by atoms with Gasteiger partial charge in [-0.05, 0) is 38.3 Å². The van der Waals surface area contributed by atoms with Gasteiger partial charge < -0.3 is 14.8 Å². The molecule has 0 saturated carbocycles. The monoisotopic (exact) mass is 341 g/mol. The third-order valence-electron chi connectivity index (χ3n) is 5.53. The Bertz CT molecular complexity index is 703. The Hall–Kier alpha value is -2.08. The number of imidazole rings is 1. The van der Waals surface area contributed by atoms with E-state index in [1.807, 2.05) is 23.1 Å². The lowest BCUT2D eigenvalue weighted by atomic mass is 10.2. The molecule has 2 aliphatic rings. The molecule has 2 aromatic rings. The molecule has 4 rings (SSSR count). The second-order valence-electron chi connectivity index (χ2n) is 7.16. The molecule has 2 fully saturated rings. The molecule has 2 aliphatic heterocycles. The Kier molecular flexibility index (Phi) is 4.61. The number of para-hydroxylation sites is 2. The summed E-state index contributed by atoms with van der Waals surface area (Å²) in [5.41, 5.74) is 2.09. The van der Waals surface area contributed by atoms with E-state index in [-0.39, 0.29) is 6.04 Å². The number of likely N-dealkylation sites (tertiary alicyclic amines) is 1. The van der Waals surface area contributed by atoms with Crippen molar-refractivity contribution in [3.63, 3.8) is 0 Å². The number of rotatable bonds is 3. The van der Waals surface area contributed by atoms with Gasteiger partial charge in [-0.15, -0.1) is 0 Å². The van der Waals surface area contributed by atoms with Crippen LogP contribution >= 0.6 is 0 Å². The van der Waals surface area contributed by atoms with Crippen molar-refractivity contribution in [2.24, 2.45) is 0 Å². The summed E-state index contributed by atoms with van der Waals surface area (Å²) in [6.45, 7) is 7.68. The molecule has 0 unspecified atom stereocenters. The number of aromatic amines is 1. The number of carbonyl (C=O) groups is 1. The van der Waals surface area contributed by atoms with Crippen LogP contribution in [0.2, 0.25) is 0 Å². The van der Waals surface area contributed by atoms with Crippen molar-refractivity contribution >= 4 is 22.9 Å². The van der Waals surface area contributed by atoms with Crippen LogP contribution < -0.4 is 4.90 Å². The average molecular weight is 341 g/mol. The first-order valence-corrected chi connectivity index (χ1v) is 9.45. The summed E-state index contributed by atoms with van der Waals surface area (Å²) in [5.74, 6) is 1.25. The number of fused-ring (bicyclic) bond motifs is 1. The average Bonchev–Trinajstić information content (AvgIpc) is 3.25. The van der Waals surface area contributed by atoms with E-state index >= 15 is 0 Å². The van der Waals surface area contributed by atoms with E-state index in [1.165, 1.54) is 0 Å². The van der Waals surface area contributed by atoms with Crippen LogP contribution in [0.25, 0.3) is 11.0 Å². The molecule has 0 aliphatic carbocycles. The van der Waals surface area contributed by atoms with Gasteiger partial charge in [0.1, 0.15) is 0 Å². The van der Waals surface area contributed by atoms with Gasteiger partial charge >= 0.3 is 0 Å². The van der Waals surface area contributed by atoms with Gasteiger partial charge in [-0.3, -0.25) is 9.69 Å². The second-order valence-corrected chi connectivity index (χ2v) is 7.16. The fraction of sp³-hybridized carbons (Fsp3) is 0.579. The van der Waals surface area contributed by atoms with Crippen LogP contribution in [0.15, 0.2) is 24.3 Å². The number of carbonyl (C=O) groups excluding carboxylic acids is 1. The molecular formula is C19H27N5O. The van der Waals surface area contributed by atoms with E-state index in [0.717, 1.165) is 75.5 Å². The molecule has 6 nitrogen and oxygen atoms in total. The Morgan fingerprint density at radius 2 is 1.84 bits per heavy atom. The van der Waals surface area contributed by atoms with Gasteiger partial charge in [0, 0.05) is 39.3 Å². The van der Waals surface area contributed by atoms with Crippen LogP contribution in [0.4, 0.5) is 5.95 Å². The Morgan fingerprint density at radius 1 is 1.04 bits per heavy atom. The van der Waals surface area contributed by atoms with Crippen LogP contribution in [0.3, 0.4) is 0 Å². The van der Waals surface area contributed by atoms with Crippen molar-refractivity contribution < 1.29 is 4.79 Å². The van der Waals surface area contributed by atoms with E-state index in [1.54, 1.807) is 0 Å². The predicted octanol–water partition coefficient (Wildman–Crippen LogP) is 2.09. The first kappa shape index (κ1) is 16.4. The molecule has 134 valence electrons. The molecule has 25 heavy (non-hydrogen) atoms. The lowest BCUT2D eigenvalue weighted by Crippen LogP contribution is -2.47. The van der Waals surface area contributed by atoms with Crippen molar-refractivity contribution in [3.8, 4) is 0 Å². The Morgan fingerprint density at radius 3 is 2.64 bits per heavy atom. The molecule has 1 aromatic heterocycles. The third-order valence-corrected chi connectivity index (χ3v) is 5.53. The van der Waals surface area contributed by atoms with Crippen molar-refractivity contribution in [2.75, 3.05) is 44.2 Å². The number of nitrogens with zero attached hydrogens (tertiary/aromatic N) is 4. The lowest BCUT2D eigenvalue weighted by molar-refractivity contribution is -0.135. The van der Waals surface area contributed by atoms with Crippen LogP contribution in [-0.4, -0.2) is 71.0 Å². The highest BCUT2D eigenvalue weighted by atomic mass is 16.2. The van der Waals surface area contributed by atoms with Gasteiger partial charge in [-0.2, -0.15) is 0 Å². The highest BCUT2D eigenvalue weighted by molar-refractivity contribution is 5.81. The zero-order valence-corrected chi connectivity index (χ0v) is 14.9. The molecule has 1 atom stereocenters. The number of hydrogen-bond acceptors (Lipinski definition) is 4. The molecule has 0 radical (unpaired) electrons. The summed E-state index contributed by atoms with van der Waals surface area (Å²) in [4.78, 5) is 27.5. The van der Waals surface area contributed by atoms with Gasteiger partial charge in [0.25, 0.3) is 0 Å². The number of aromatic nitrogens is 2. The number of hydrogen-bond donors (Lipinski definition) is 1. The van der Waals surface area contributed by atoms with E-state index in [0.29, 0.717) is 5.91 Å². The smallest absolute Gasteiger partial charge is 0.239 e. The van der Waals surface area contributed by atoms with E-state index < -0.39 is 0 Å². The standard InChI is InChI=1S/C19H27N5O/c1-15(18(25)23-9-4-5-10-23)22-11-6-12-24(14-13-22)19-20-16-7-2-3-8-17(16)21-19/h2-3,7-8,15H,4-6,9-14H2,1H3,(H,20,21)/t15-/m0/s1. The van der Waals surface area contributed by atoms with Crippen molar-refractivity contribution in [1.29, 1.82) is 0 Å². The topological polar surface area (TPSA) is 55.5 Å². The van der Waals surface area contributed by atoms with Crippen LogP contribution in [0.1, 0.15) is 26.2 Å². The Labute approximate surface area is 148 Å². The zero-order valence-electron chi connectivity index (χ0n) is 14.9. The molecule has 1 aromatic carbocycles. The van der Waals surface area contributed by atoms with Crippen molar-refractivity contribution in [1.82, 2.24) is 19.8 Å². The maximum atomic E-state index is 12.7. The second kappa shape index (κ2) is 7.04. The van der Waals surface area contributed by atoms with Gasteiger partial charge in [0.05, 0.1) is 17.1 Å². The highest BCUT2D eigenvalue weighted by Gasteiger charge is 2.29. The fourth-order valence-electron chi connectivity index (χ4n) is 3.98. The summed E-state index contributed by atoms with van der Waals surface area (Å²) < 4.78 is 0. The van der Waals surface area contributed by atoms with E-state index in [9.17, 15) is 4.79 Å². The van der Waals surface area contributed by atoms with Gasteiger partial charge in [-0.25, -0.2) is 4.98 Å². The third kappa shape index (κ3) is 3.35. The molecule has 0 spiro atoms. The van der Waals surface area contributed by atoms with E-state index in [2.05, 4.69) is 27.8 Å². The van der Waals surface area contributed by atoms with Gasteiger partial charge in [-0.1, -0.05) is 12.1 Å². The summed E-state index contributed by atoms with van der Waals surface area (Å²) in [7, 11) is 0. The SMILES string of the molecule is C[C@@H](C(=O)N1CCCC1)N1CCCN(c2nc3ccccc3[nH]2)CC1. The van der Waals surface area contributed by atoms with Crippen molar-refractivity contribution in [2.45, 2.75) is 32.2 Å². The summed E-state index contributed by atoms with van der Waals surface area (Å²) in [5, 5.41) is 0. The molecule has 0 bridgehead atoms. The normalized spacial score (nSPS) is 20.8. The fourth-order valence-corrected chi connectivity index (χ4v) is 3.98. The number of H-pyrrole nitrogens is 1. The summed E-state index contributed by atoms with van der Waals surface area (Å²) >= 11 is 0. The van der Waals surface area contributed by atoms with Gasteiger partial charge in [0.15, 0.2) is 0 Å². The minimum atomic E-state index is -0.0197. The maximum absolute atomic E-state index is 12.7. The first-order valence-electron chi connectivity index (χ1n) is 9.45. The van der Waals surface area contributed by atoms with E-state index in [4.69, 9.17) is 4.98 Å². The zero-order chi connectivity index (χ0) is 17.2. The number of benzene rings is 1. The number of amides is 1. The molecule has 1 amide bonds. The molecule has 1 N–H and O–H groups in total. The molecule has 3 heterocycles. The number of nitrogens with one attached hydrogen (secondary N) is 1. The predicted molar refractivity (Wildman–Crippen MR) is 99.8 cm³/mol. The largest absolute Gasteiger partial charge is 0.341 e. The summed E-state index contributed by atoms with van der Waals surface area (Å²) in [6.07, 6.45) is 3.35. The quantitative estimate of drug-likeness (QED) is 0.929. The molecular weight excluding hydrogens is 314 g/mol. The highest BCUT2D eigenvalue weighted by Crippen LogP contribution is 2.19. The summed E-state index contributed by atoms with van der Waals surface area (Å²) in [6, 6.07) is 8.12. The minimum Gasteiger partial charge on any atom is -0.341 e. The van der Waals surface area contributed by atoms with Gasteiger partial charge in [0.2, 0.25) is 11.9 Å². The number of anilines is 1. The van der Waals surface area contributed by atoms with Crippen molar-refractivity contribution in [3.05, 3.63) is 24.3 Å². The van der Waals surface area contributed by atoms with Crippen LogP contribution in [0, 0.1) is 0 Å². The van der Waals surface area contributed by atoms with Crippen LogP contribution in [-0.2, 0) is 4.79 Å². The minimum absolute atomic E-state index is 0.0197. The first-order chi connectivity index (χ1) is 12.2. The molecule has 6 heteroatoms. The lowest BCUT2D eigenvalue weighted by Gasteiger charge is -2.30. The molecule has 2 saturated heterocycles. The van der Waals surface area contributed by atoms with Crippen LogP contribution in [0.5, 0.6) is 0 Å². The Balaban J connectivity index is 1.42.